The van der Waals surface area contributed by atoms with Gasteiger partial charge in [-0.3, -0.25) is 10.1 Å². The highest BCUT2D eigenvalue weighted by Crippen LogP contribution is 2.08. The van der Waals surface area contributed by atoms with Gasteiger partial charge in [0, 0.05) is 7.05 Å². The van der Waals surface area contributed by atoms with Gasteiger partial charge in [-0.1, -0.05) is 0 Å². The van der Waals surface area contributed by atoms with Gasteiger partial charge in [0.2, 0.25) is 0 Å². The van der Waals surface area contributed by atoms with Gasteiger partial charge in [0.25, 0.3) is 5.91 Å². The van der Waals surface area contributed by atoms with Crippen molar-refractivity contribution in [2.75, 3.05) is 14.1 Å². The van der Waals surface area contributed by atoms with Gasteiger partial charge in [0.1, 0.15) is 0 Å². The molecule has 0 aliphatic heterocycles. The van der Waals surface area contributed by atoms with Gasteiger partial charge in [-0.25, -0.2) is 0 Å². The van der Waals surface area contributed by atoms with E-state index in [-0.39, 0.29) is 11.5 Å². The smallest absolute Gasteiger partial charge is 0.263 e. The number of rotatable bonds is 3. The summed E-state index contributed by atoms with van der Waals surface area (Å²) < 4.78 is 5.42. The number of hydrogen-bond acceptors (Lipinski definition) is 3. The van der Waals surface area contributed by atoms with Crippen LogP contribution in [0, 0.1) is 0 Å². The minimum Gasteiger partial charge on any atom is -0.356 e. The van der Waals surface area contributed by atoms with Crippen molar-refractivity contribution < 1.29 is 9.53 Å². The summed E-state index contributed by atoms with van der Waals surface area (Å²) in [7, 11) is 3.27. The molecule has 0 saturated carbocycles. The Morgan fingerprint density at radius 1 is 1.33 bits per heavy atom. The lowest BCUT2D eigenvalue weighted by molar-refractivity contribution is -0.144. The number of amides is 1. The van der Waals surface area contributed by atoms with Gasteiger partial charge in [-0.05, 0) is 27.8 Å². The second-order valence-electron chi connectivity index (χ2n) is 3.51. The molecular weight excluding hydrogens is 156 g/mol. The van der Waals surface area contributed by atoms with Crippen molar-refractivity contribution in [2.24, 2.45) is 0 Å². The fraction of sp³-hybridized carbons (Fsp3) is 0.875. The fourth-order valence-electron chi connectivity index (χ4n) is 0.728. The van der Waals surface area contributed by atoms with E-state index < -0.39 is 6.23 Å². The summed E-state index contributed by atoms with van der Waals surface area (Å²) in [5.41, 5.74) is -0.319. The minimum atomic E-state index is -0.574. The number of hydrogen-bond donors (Lipinski definition) is 2. The Balaban J connectivity index is 4.09. The summed E-state index contributed by atoms with van der Waals surface area (Å²) in [6.45, 7) is 5.71. The molecule has 4 nitrogen and oxygen atoms in total. The Labute approximate surface area is 73.7 Å². The topological polar surface area (TPSA) is 50.4 Å². The van der Waals surface area contributed by atoms with Gasteiger partial charge in [0.15, 0.2) is 6.23 Å². The van der Waals surface area contributed by atoms with Crippen LogP contribution in [0.3, 0.4) is 0 Å². The summed E-state index contributed by atoms with van der Waals surface area (Å²) in [5.74, 6) is -0.160. The highest BCUT2D eigenvalue weighted by atomic mass is 16.5. The number of nitrogens with one attached hydrogen (secondary N) is 2. The van der Waals surface area contributed by atoms with E-state index in [2.05, 4.69) is 10.6 Å². The molecule has 0 radical (unpaired) electrons. The molecule has 1 amide bonds. The molecule has 72 valence electrons. The molecule has 0 heterocycles. The molecular formula is C8H18N2O2. The SMILES string of the molecule is CNC(=O)C(NC)OC(C)(C)C. The highest BCUT2D eigenvalue weighted by Gasteiger charge is 2.22. The van der Waals surface area contributed by atoms with E-state index in [4.69, 9.17) is 4.74 Å². The fourth-order valence-corrected chi connectivity index (χ4v) is 0.728. The van der Waals surface area contributed by atoms with Crippen molar-refractivity contribution in [3.63, 3.8) is 0 Å². The zero-order valence-corrected chi connectivity index (χ0v) is 8.39. The lowest BCUT2D eigenvalue weighted by Gasteiger charge is -2.25. The summed E-state index contributed by atoms with van der Waals surface area (Å²) >= 11 is 0. The first-order valence-corrected chi connectivity index (χ1v) is 3.97. The first kappa shape index (κ1) is 11.4. The maximum absolute atomic E-state index is 11.1. The van der Waals surface area contributed by atoms with E-state index in [0.29, 0.717) is 0 Å². The summed E-state index contributed by atoms with van der Waals surface area (Å²) in [4.78, 5) is 11.1. The molecule has 0 fully saturated rings. The Kier molecular flexibility index (Phi) is 4.20. The van der Waals surface area contributed by atoms with Gasteiger partial charge >= 0.3 is 0 Å². The molecule has 12 heavy (non-hydrogen) atoms. The van der Waals surface area contributed by atoms with Crippen LogP contribution in [0.1, 0.15) is 20.8 Å². The second kappa shape index (κ2) is 4.42. The molecule has 0 spiro atoms. The van der Waals surface area contributed by atoms with Crippen molar-refractivity contribution in [2.45, 2.75) is 32.6 Å². The van der Waals surface area contributed by atoms with Crippen LogP contribution < -0.4 is 10.6 Å². The first-order chi connectivity index (χ1) is 5.40. The number of ether oxygens (including phenoxy) is 1. The van der Waals surface area contributed by atoms with Gasteiger partial charge in [-0.15, -0.1) is 0 Å². The maximum atomic E-state index is 11.1. The van der Waals surface area contributed by atoms with E-state index in [1.165, 1.54) is 0 Å². The van der Waals surface area contributed by atoms with Crippen LogP contribution in [-0.4, -0.2) is 31.8 Å². The lowest BCUT2D eigenvalue weighted by atomic mass is 10.2. The van der Waals surface area contributed by atoms with Crippen molar-refractivity contribution in [3.8, 4) is 0 Å². The predicted octanol–water partition coefficient (Wildman–Crippen LogP) is 0.0930. The van der Waals surface area contributed by atoms with Crippen LogP contribution in [-0.2, 0) is 9.53 Å². The zero-order valence-electron chi connectivity index (χ0n) is 8.39. The van der Waals surface area contributed by atoms with E-state index in [1.807, 2.05) is 20.8 Å². The Morgan fingerprint density at radius 3 is 2.08 bits per heavy atom. The highest BCUT2D eigenvalue weighted by molar-refractivity contribution is 5.79. The molecule has 0 saturated heterocycles. The normalized spacial score (nSPS) is 14.1. The van der Waals surface area contributed by atoms with Crippen molar-refractivity contribution in [1.82, 2.24) is 10.6 Å². The molecule has 1 unspecified atom stereocenters. The monoisotopic (exact) mass is 174 g/mol. The van der Waals surface area contributed by atoms with Gasteiger partial charge in [0.05, 0.1) is 5.60 Å². The Bertz CT molecular complexity index is 152. The lowest BCUT2D eigenvalue weighted by Crippen LogP contribution is -2.46. The standard InChI is InChI=1S/C8H18N2O2/c1-8(2,3)12-7(10-5)6(11)9-4/h7,10H,1-5H3,(H,9,11). The van der Waals surface area contributed by atoms with E-state index in [1.54, 1.807) is 14.1 Å². The molecule has 1 atom stereocenters. The third-order valence-electron chi connectivity index (χ3n) is 1.22. The van der Waals surface area contributed by atoms with Crippen LogP contribution in [0.2, 0.25) is 0 Å². The summed E-state index contributed by atoms with van der Waals surface area (Å²) in [6.07, 6.45) is -0.574. The molecule has 4 heteroatoms. The van der Waals surface area contributed by atoms with E-state index in [0.717, 1.165) is 0 Å². The molecule has 0 aromatic rings. The molecule has 0 rings (SSSR count). The quantitative estimate of drug-likeness (QED) is 0.596. The molecule has 0 aliphatic rings. The van der Waals surface area contributed by atoms with Gasteiger partial charge in [-0.2, -0.15) is 0 Å². The Hall–Kier alpha value is -0.610. The summed E-state index contributed by atoms with van der Waals surface area (Å²) in [6, 6.07) is 0. The third-order valence-corrected chi connectivity index (χ3v) is 1.22. The van der Waals surface area contributed by atoms with Crippen molar-refractivity contribution in [3.05, 3.63) is 0 Å². The van der Waals surface area contributed by atoms with Crippen LogP contribution in [0.4, 0.5) is 0 Å². The Morgan fingerprint density at radius 2 is 1.83 bits per heavy atom. The van der Waals surface area contributed by atoms with Crippen molar-refractivity contribution in [1.29, 1.82) is 0 Å². The average Bonchev–Trinajstić information content (AvgIpc) is 1.97. The molecule has 0 aromatic heterocycles. The maximum Gasteiger partial charge on any atom is 0.263 e. The van der Waals surface area contributed by atoms with Crippen LogP contribution in [0.25, 0.3) is 0 Å². The zero-order chi connectivity index (χ0) is 9.78. The minimum absolute atomic E-state index is 0.160. The van der Waals surface area contributed by atoms with E-state index >= 15 is 0 Å². The van der Waals surface area contributed by atoms with Gasteiger partial charge < -0.3 is 10.1 Å². The predicted molar refractivity (Wildman–Crippen MR) is 47.8 cm³/mol. The number of carbonyl (C=O) groups is 1. The number of likely N-dealkylation sites (N-methyl/N-ethyl adjacent to an activating group) is 2. The first-order valence-electron chi connectivity index (χ1n) is 3.97. The number of carbonyl (C=O) groups excluding carboxylic acids is 1. The van der Waals surface area contributed by atoms with Crippen molar-refractivity contribution >= 4 is 5.91 Å². The molecule has 0 aromatic carbocycles. The van der Waals surface area contributed by atoms with Crippen LogP contribution in [0.15, 0.2) is 0 Å². The van der Waals surface area contributed by atoms with Crippen LogP contribution >= 0.6 is 0 Å². The molecule has 2 N–H and O–H groups in total. The van der Waals surface area contributed by atoms with E-state index in [9.17, 15) is 4.79 Å². The summed E-state index contributed by atoms with van der Waals surface area (Å²) in [5, 5.41) is 5.29. The van der Waals surface area contributed by atoms with Crippen LogP contribution in [0.5, 0.6) is 0 Å². The molecule has 0 bridgehead atoms. The molecule has 0 aliphatic carbocycles. The average molecular weight is 174 g/mol. The second-order valence-corrected chi connectivity index (χ2v) is 3.51. The largest absolute Gasteiger partial charge is 0.356 e. The third kappa shape index (κ3) is 4.31.